The van der Waals surface area contributed by atoms with E-state index in [2.05, 4.69) is 34.6 Å². The lowest BCUT2D eigenvalue weighted by Gasteiger charge is -2.13. The topological polar surface area (TPSA) is 86.6 Å². The smallest absolute Gasteiger partial charge is 0.148 e. The van der Waals surface area contributed by atoms with Crippen molar-refractivity contribution >= 4 is 11.5 Å². The lowest BCUT2D eigenvalue weighted by Crippen LogP contribution is -2.16. The summed E-state index contributed by atoms with van der Waals surface area (Å²) in [5, 5.41) is 15.4. The molecule has 2 heterocycles. The van der Waals surface area contributed by atoms with E-state index in [0.29, 0.717) is 5.69 Å². The van der Waals surface area contributed by atoms with E-state index < -0.39 is 0 Å². The minimum absolute atomic E-state index is 0.273. The van der Waals surface area contributed by atoms with Crippen LogP contribution in [0.1, 0.15) is 25.6 Å². The molecule has 7 nitrogen and oxygen atoms in total. The maximum absolute atomic E-state index is 6.02. The molecule has 0 amide bonds. The summed E-state index contributed by atoms with van der Waals surface area (Å²) in [7, 11) is 0. The molecule has 3 N–H and O–H groups in total. The number of nitrogens with two attached hydrogens (primary N) is 1. The number of aryl methyl sites for hydroxylation is 1. The highest BCUT2D eigenvalue weighted by atomic mass is 15.4. The highest BCUT2D eigenvalue weighted by Gasteiger charge is 2.13. The van der Waals surface area contributed by atoms with E-state index in [4.69, 9.17) is 5.73 Å². The fourth-order valence-corrected chi connectivity index (χ4v) is 1.75. The summed E-state index contributed by atoms with van der Waals surface area (Å²) in [4.78, 5) is 0. The molecule has 0 spiro atoms. The molecule has 2 rings (SSSR count). The molecular formula is C11H19N7. The third-order valence-electron chi connectivity index (χ3n) is 2.73. The molecule has 98 valence electrons. The quantitative estimate of drug-likeness (QED) is 0.827. The van der Waals surface area contributed by atoms with Gasteiger partial charge < -0.3 is 11.1 Å². The Morgan fingerprint density at radius 2 is 2.22 bits per heavy atom. The van der Waals surface area contributed by atoms with Crippen LogP contribution in [0, 0.1) is 6.92 Å². The van der Waals surface area contributed by atoms with Gasteiger partial charge in [0.05, 0.1) is 24.1 Å². The maximum atomic E-state index is 6.02. The van der Waals surface area contributed by atoms with Crippen LogP contribution in [0.5, 0.6) is 0 Å². The summed E-state index contributed by atoms with van der Waals surface area (Å²) in [5.74, 6) is 0.877. The lowest BCUT2D eigenvalue weighted by atomic mass is 10.3. The summed E-state index contributed by atoms with van der Waals surface area (Å²) in [6.45, 7) is 7.53. The Bertz CT molecular complexity index is 498. The summed E-state index contributed by atoms with van der Waals surface area (Å²) in [6.07, 6.45) is 3.49. The van der Waals surface area contributed by atoms with Crippen LogP contribution < -0.4 is 11.1 Å². The Labute approximate surface area is 106 Å². The number of hydrogen-bond donors (Lipinski definition) is 2. The van der Waals surface area contributed by atoms with E-state index in [1.165, 1.54) is 0 Å². The van der Waals surface area contributed by atoms with Gasteiger partial charge in [0.1, 0.15) is 5.82 Å². The van der Waals surface area contributed by atoms with E-state index in [0.717, 1.165) is 24.6 Å². The van der Waals surface area contributed by atoms with Gasteiger partial charge in [0.2, 0.25) is 0 Å². The average molecular weight is 249 g/mol. The SMILES string of the molecule is Cc1nn(C(C)C)c(NCCn2ccnn2)c1N. The van der Waals surface area contributed by atoms with Gasteiger partial charge in [0, 0.05) is 18.8 Å². The molecule has 0 radical (unpaired) electrons. The molecule has 0 aliphatic rings. The Balaban J connectivity index is 2.04. The predicted octanol–water partition coefficient (Wildman–Crippen LogP) is 1.06. The number of rotatable bonds is 5. The monoisotopic (exact) mass is 249 g/mol. The van der Waals surface area contributed by atoms with Crippen molar-refractivity contribution in [1.29, 1.82) is 0 Å². The number of hydrogen-bond acceptors (Lipinski definition) is 5. The number of aromatic nitrogens is 5. The molecule has 7 heteroatoms. The first-order valence-corrected chi connectivity index (χ1v) is 6.02. The van der Waals surface area contributed by atoms with Crippen LogP contribution in [0.4, 0.5) is 11.5 Å². The van der Waals surface area contributed by atoms with Crippen molar-refractivity contribution in [2.45, 2.75) is 33.4 Å². The molecule has 0 fully saturated rings. The van der Waals surface area contributed by atoms with Gasteiger partial charge >= 0.3 is 0 Å². The van der Waals surface area contributed by atoms with Crippen molar-refractivity contribution in [3.05, 3.63) is 18.1 Å². The van der Waals surface area contributed by atoms with Crippen LogP contribution >= 0.6 is 0 Å². The molecule has 0 bridgehead atoms. The van der Waals surface area contributed by atoms with E-state index >= 15 is 0 Å². The normalized spacial score (nSPS) is 11.1. The zero-order valence-corrected chi connectivity index (χ0v) is 11.0. The van der Waals surface area contributed by atoms with Gasteiger partial charge in [-0.3, -0.25) is 4.68 Å². The minimum atomic E-state index is 0.273. The van der Waals surface area contributed by atoms with Gasteiger partial charge in [-0.1, -0.05) is 5.21 Å². The standard InChI is InChI=1S/C11H19N7/c1-8(2)18-11(10(12)9(3)15-18)13-4-6-17-7-5-14-16-17/h5,7-8,13H,4,6,12H2,1-3H3. The predicted molar refractivity (Wildman–Crippen MR) is 70.3 cm³/mol. The molecule has 2 aromatic heterocycles. The third-order valence-corrected chi connectivity index (χ3v) is 2.73. The highest BCUT2D eigenvalue weighted by molar-refractivity contribution is 5.64. The second-order valence-corrected chi connectivity index (χ2v) is 4.48. The summed E-state index contributed by atoms with van der Waals surface area (Å²) < 4.78 is 3.68. The Morgan fingerprint density at radius 3 is 2.83 bits per heavy atom. The van der Waals surface area contributed by atoms with Crippen LogP contribution in [0.25, 0.3) is 0 Å². The molecule has 18 heavy (non-hydrogen) atoms. The van der Waals surface area contributed by atoms with E-state index in [9.17, 15) is 0 Å². The van der Waals surface area contributed by atoms with Crippen molar-refractivity contribution in [3.8, 4) is 0 Å². The highest BCUT2D eigenvalue weighted by Crippen LogP contribution is 2.25. The van der Waals surface area contributed by atoms with Gasteiger partial charge in [-0.25, -0.2) is 4.68 Å². The van der Waals surface area contributed by atoms with Gasteiger partial charge in [-0.15, -0.1) is 5.10 Å². The first kappa shape index (κ1) is 12.4. The zero-order chi connectivity index (χ0) is 13.1. The molecule has 0 saturated carbocycles. The van der Waals surface area contributed by atoms with Crippen LogP contribution in [-0.4, -0.2) is 31.3 Å². The Hall–Kier alpha value is -2.05. The van der Waals surface area contributed by atoms with Crippen LogP contribution in [0.2, 0.25) is 0 Å². The average Bonchev–Trinajstić information content (AvgIpc) is 2.92. The molecule has 0 aliphatic heterocycles. The van der Waals surface area contributed by atoms with Crippen LogP contribution in [-0.2, 0) is 6.54 Å². The molecule has 0 unspecified atom stereocenters. The van der Waals surface area contributed by atoms with E-state index in [1.807, 2.05) is 17.8 Å². The molecular weight excluding hydrogens is 230 g/mol. The maximum Gasteiger partial charge on any atom is 0.148 e. The first-order valence-electron chi connectivity index (χ1n) is 6.02. The van der Waals surface area contributed by atoms with Crippen molar-refractivity contribution < 1.29 is 0 Å². The molecule has 0 aromatic carbocycles. The second kappa shape index (κ2) is 5.07. The summed E-state index contributed by atoms with van der Waals surface area (Å²) >= 11 is 0. The molecule has 0 aliphatic carbocycles. The minimum Gasteiger partial charge on any atom is -0.394 e. The molecule has 0 saturated heterocycles. The fourth-order valence-electron chi connectivity index (χ4n) is 1.75. The van der Waals surface area contributed by atoms with E-state index in [1.54, 1.807) is 10.9 Å². The second-order valence-electron chi connectivity index (χ2n) is 4.48. The van der Waals surface area contributed by atoms with E-state index in [-0.39, 0.29) is 6.04 Å². The summed E-state index contributed by atoms with van der Waals surface area (Å²) in [5.41, 5.74) is 7.58. The summed E-state index contributed by atoms with van der Waals surface area (Å²) in [6, 6.07) is 0.273. The van der Waals surface area contributed by atoms with Crippen LogP contribution in [0.15, 0.2) is 12.4 Å². The van der Waals surface area contributed by atoms with Crippen LogP contribution in [0.3, 0.4) is 0 Å². The molecule has 0 atom stereocenters. The number of nitrogens with one attached hydrogen (secondary N) is 1. The van der Waals surface area contributed by atoms with Crippen molar-refractivity contribution in [1.82, 2.24) is 24.8 Å². The number of nitrogen functional groups attached to an aromatic ring is 1. The van der Waals surface area contributed by atoms with Gasteiger partial charge in [0.25, 0.3) is 0 Å². The zero-order valence-electron chi connectivity index (χ0n) is 11.0. The fraction of sp³-hybridized carbons (Fsp3) is 0.545. The lowest BCUT2D eigenvalue weighted by molar-refractivity contribution is 0.531. The molecule has 2 aromatic rings. The number of anilines is 2. The Morgan fingerprint density at radius 1 is 1.44 bits per heavy atom. The van der Waals surface area contributed by atoms with Gasteiger partial charge in [-0.05, 0) is 20.8 Å². The van der Waals surface area contributed by atoms with Gasteiger partial charge in [0.15, 0.2) is 0 Å². The number of nitrogens with zero attached hydrogens (tertiary/aromatic N) is 5. The third kappa shape index (κ3) is 2.44. The van der Waals surface area contributed by atoms with Crippen molar-refractivity contribution in [2.24, 2.45) is 0 Å². The Kier molecular flexibility index (Phi) is 3.50. The first-order chi connectivity index (χ1) is 8.59. The van der Waals surface area contributed by atoms with Crippen molar-refractivity contribution in [2.75, 3.05) is 17.6 Å². The van der Waals surface area contributed by atoms with Crippen molar-refractivity contribution in [3.63, 3.8) is 0 Å². The van der Waals surface area contributed by atoms with Gasteiger partial charge in [-0.2, -0.15) is 5.10 Å². The largest absolute Gasteiger partial charge is 0.394 e.